The minimum atomic E-state index is 0.713. The topological polar surface area (TPSA) is 17.3 Å². The molecular formula is C19H11ClN2. The molecule has 2 heterocycles. The van der Waals surface area contributed by atoms with Crippen LogP contribution in [0.1, 0.15) is 0 Å². The molecule has 0 saturated carbocycles. The normalized spacial score (nSPS) is 11.9. The van der Waals surface area contributed by atoms with Gasteiger partial charge in [0.25, 0.3) is 0 Å². The summed E-state index contributed by atoms with van der Waals surface area (Å²) in [5.74, 6) is 0. The predicted octanol–water partition coefficient (Wildman–Crippen LogP) is 5.45. The molecule has 0 aliphatic heterocycles. The molecule has 2 aromatic heterocycles. The second-order valence-electron chi connectivity index (χ2n) is 5.47. The fourth-order valence-electron chi connectivity index (χ4n) is 3.29. The van der Waals surface area contributed by atoms with Gasteiger partial charge in [-0.15, -0.1) is 0 Å². The number of fused-ring (bicyclic) bond motifs is 8. The van der Waals surface area contributed by atoms with Gasteiger partial charge in [-0.3, -0.25) is 4.40 Å². The van der Waals surface area contributed by atoms with Crippen molar-refractivity contribution in [1.29, 1.82) is 0 Å². The van der Waals surface area contributed by atoms with Gasteiger partial charge in [0.2, 0.25) is 0 Å². The second-order valence-corrected chi connectivity index (χ2v) is 5.90. The van der Waals surface area contributed by atoms with Crippen molar-refractivity contribution in [3.05, 3.63) is 71.8 Å². The van der Waals surface area contributed by atoms with Crippen LogP contribution in [0.4, 0.5) is 0 Å². The molecule has 104 valence electrons. The minimum absolute atomic E-state index is 0.713. The average molecular weight is 303 g/mol. The van der Waals surface area contributed by atoms with Crippen LogP contribution in [-0.2, 0) is 0 Å². The molecule has 0 N–H and O–H groups in total. The highest BCUT2D eigenvalue weighted by Gasteiger charge is 2.12. The third-order valence-electron chi connectivity index (χ3n) is 4.22. The fourth-order valence-corrected chi connectivity index (χ4v) is 3.45. The molecule has 0 unspecified atom stereocenters. The van der Waals surface area contributed by atoms with E-state index < -0.39 is 0 Å². The van der Waals surface area contributed by atoms with Gasteiger partial charge in [-0.2, -0.15) is 0 Å². The highest BCUT2D eigenvalue weighted by Crippen LogP contribution is 2.32. The Labute approximate surface area is 131 Å². The van der Waals surface area contributed by atoms with E-state index in [0.29, 0.717) is 5.02 Å². The summed E-state index contributed by atoms with van der Waals surface area (Å²) in [6.07, 6.45) is 0. The molecule has 0 spiro atoms. The van der Waals surface area contributed by atoms with Gasteiger partial charge in [-0.25, -0.2) is 4.98 Å². The number of imidazole rings is 1. The zero-order valence-corrected chi connectivity index (χ0v) is 12.4. The van der Waals surface area contributed by atoms with Crippen LogP contribution in [0.5, 0.6) is 0 Å². The van der Waals surface area contributed by atoms with Crippen LogP contribution in [-0.4, -0.2) is 9.38 Å². The maximum Gasteiger partial charge on any atom is 0.146 e. The molecule has 0 amide bonds. The Hall–Kier alpha value is -2.58. The van der Waals surface area contributed by atoms with Gasteiger partial charge in [0.1, 0.15) is 5.65 Å². The van der Waals surface area contributed by atoms with E-state index in [-0.39, 0.29) is 0 Å². The van der Waals surface area contributed by atoms with Crippen molar-refractivity contribution in [1.82, 2.24) is 9.38 Å². The Bertz CT molecular complexity index is 1190. The molecular weight excluding hydrogens is 292 g/mol. The first-order valence-electron chi connectivity index (χ1n) is 7.20. The summed E-state index contributed by atoms with van der Waals surface area (Å²) in [5.41, 5.74) is 4.16. The number of aromatic nitrogens is 2. The van der Waals surface area contributed by atoms with Crippen molar-refractivity contribution in [2.24, 2.45) is 0 Å². The molecule has 0 saturated heterocycles. The number of para-hydroxylation sites is 1. The van der Waals surface area contributed by atoms with Crippen molar-refractivity contribution in [2.45, 2.75) is 0 Å². The summed E-state index contributed by atoms with van der Waals surface area (Å²) in [7, 11) is 0. The maximum absolute atomic E-state index is 6.13. The lowest BCUT2D eigenvalue weighted by molar-refractivity contribution is 1.31. The van der Waals surface area contributed by atoms with Gasteiger partial charge < -0.3 is 0 Å². The van der Waals surface area contributed by atoms with Crippen molar-refractivity contribution in [3.63, 3.8) is 0 Å². The van der Waals surface area contributed by atoms with E-state index in [0.717, 1.165) is 22.1 Å². The standard InChI is InChI=1S/C19H11ClN2/c20-12-9-10-18-16(11-12)21-19-15-7-2-1-5-13(15)14-6-3-4-8-17(14)22(18)19/h1-11H. The zero-order chi connectivity index (χ0) is 14.7. The Morgan fingerprint density at radius 1 is 0.727 bits per heavy atom. The summed E-state index contributed by atoms with van der Waals surface area (Å²) in [6.45, 7) is 0. The molecule has 5 aromatic rings. The van der Waals surface area contributed by atoms with E-state index in [4.69, 9.17) is 16.6 Å². The zero-order valence-electron chi connectivity index (χ0n) is 11.6. The Balaban J connectivity index is 2.21. The van der Waals surface area contributed by atoms with Crippen LogP contribution in [0, 0.1) is 0 Å². The number of nitrogens with zero attached hydrogens (tertiary/aromatic N) is 2. The van der Waals surface area contributed by atoms with Gasteiger partial charge in [0.15, 0.2) is 0 Å². The monoisotopic (exact) mass is 302 g/mol. The summed E-state index contributed by atoms with van der Waals surface area (Å²) >= 11 is 6.13. The third kappa shape index (κ3) is 1.48. The largest absolute Gasteiger partial charge is 0.292 e. The average Bonchev–Trinajstić information content (AvgIpc) is 2.94. The third-order valence-corrected chi connectivity index (χ3v) is 4.45. The Kier molecular flexibility index (Phi) is 2.30. The first kappa shape index (κ1) is 12.0. The van der Waals surface area contributed by atoms with Crippen molar-refractivity contribution >= 4 is 50.0 Å². The summed E-state index contributed by atoms with van der Waals surface area (Å²) in [4.78, 5) is 4.83. The second kappa shape index (κ2) is 4.21. The molecule has 0 atom stereocenters. The minimum Gasteiger partial charge on any atom is -0.292 e. The molecule has 2 nitrogen and oxygen atoms in total. The number of halogens is 1. The van der Waals surface area contributed by atoms with Crippen LogP contribution in [0.25, 0.3) is 38.4 Å². The highest BCUT2D eigenvalue weighted by atomic mass is 35.5. The number of pyridine rings is 1. The molecule has 3 aromatic carbocycles. The van der Waals surface area contributed by atoms with Crippen molar-refractivity contribution in [3.8, 4) is 0 Å². The van der Waals surface area contributed by atoms with E-state index in [2.05, 4.69) is 52.9 Å². The number of rotatable bonds is 0. The van der Waals surface area contributed by atoms with Crippen LogP contribution < -0.4 is 0 Å². The molecule has 0 radical (unpaired) electrons. The van der Waals surface area contributed by atoms with E-state index in [1.807, 2.05) is 18.2 Å². The number of benzene rings is 3. The summed E-state index contributed by atoms with van der Waals surface area (Å²) in [5, 5.41) is 4.34. The molecule has 0 fully saturated rings. The van der Waals surface area contributed by atoms with Crippen molar-refractivity contribution < 1.29 is 0 Å². The lowest BCUT2D eigenvalue weighted by Gasteiger charge is -2.08. The van der Waals surface area contributed by atoms with E-state index in [1.54, 1.807) is 0 Å². The lowest BCUT2D eigenvalue weighted by Crippen LogP contribution is -1.90. The molecule has 22 heavy (non-hydrogen) atoms. The SMILES string of the molecule is Clc1ccc2c(c1)nc1c3ccccc3c3ccccc3n21. The molecule has 0 aliphatic rings. The Morgan fingerprint density at radius 3 is 2.32 bits per heavy atom. The first-order chi connectivity index (χ1) is 10.8. The van der Waals surface area contributed by atoms with E-state index in [9.17, 15) is 0 Å². The summed E-state index contributed by atoms with van der Waals surface area (Å²) in [6, 6.07) is 22.8. The maximum atomic E-state index is 6.13. The van der Waals surface area contributed by atoms with E-state index >= 15 is 0 Å². The van der Waals surface area contributed by atoms with Gasteiger partial charge in [0.05, 0.1) is 16.6 Å². The van der Waals surface area contributed by atoms with Crippen molar-refractivity contribution in [2.75, 3.05) is 0 Å². The van der Waals surface area contributed by atoms with Crippen LogP contribution in [0.2, 0.25) is 5.02 Å². The predicted molar refractivity (Wildman–Crippen MR) is 92.7 cm³/mol. The number of hydrogen-bond donors (Lipinski definition) is 0. The van der Waals surface area contributed by atoms with Gasteiger partial charge >= 0.3 is 0 Å². The first-order valence-corrected chi connectivity index (χ1v) is 7.58. The quantitative estimate of drug-likeness (QED) is 0.348. The highest BCUT2D eigenvalue weighted by molar-refractivity contribution is 6.31. The molecule has 5 rings (SSSR count). The lowest BCUT2D eigenvalue weighted by atomic mass is 10.1. The van der Waals surface area contributed by atoms with Gasteiger partial charge in [-0.05, 0) is 29.7 Å². The smallest absolute Gasteiger partial charge is 0.146 e. The van der Waals surface area contributed by atoms with Crippen LogP contribution >= 0.6 is 11.6 Å². The van der Waals surface area contributed by atoms with Gasteiger partial charge in [-0.1, -0.05) is 54.1 Å². The molecule has 0 bridgehead atoms. The summed E-state index contributed by atoms with van der Waals surface area (Å²) < 4.78 is 2.23. The van der Waals surface area contributed by atoms with Crippen LogP contribution in [0.15, 0.2) is 66.7 Å². The van der Waals surface area contributed by atoms with Gasteiger partial charge in [0, 0.05) is 15.8 Å². The fraction of sp³-hybridized carbons (Fsp3) is 0. The van der Waals surface area contributed by atoms with Crippen LogP contribution in [0.3, 0.4) is 0 Å². The van der Waals surface area contributed by atoms with E-state index in [1.165, 1.54) is 16.3 Å². The molecule has 0 aliphatic carbocycles. The Morgan fingerprint density at radius 2 is 1.45 bits per heavy atom. The molecule has 3 heteroatoms. The number of hydrogen-bond acceptors (Lipinski definition) is 1.